The van der Waals surface area contributed by atoms with E-state index in [0.717, 1.165) is 30.4 Å². The molecule has 0 atom stereocenters. The van der Waals surface area contributed by atoms with Gasteiger partial charge >= 0.3 is 0 Å². The molecule has 3 heteroatoms. The number of carbonyl (C=O) groups is 1. The van der Waals surface area contributed by atoms with Crippen molar-refractivity contribution in [2.45, 2.75) is 33.1 Å². The molecule has 0 aliphatic carbocycles. The van der Waals surface area contributed by atoms with E-state index in [1.165, 1.54) is 0 Å². The number of hydroxylamine groups is 1. The molecule has 0 radical (unpaired) electrons. The normalized spacial score (nSPS) is 9.35. The third kappa shape index (κ3) is 4.29. The lowest BCUT2D eigenvalue weighted by Crippen LogP contribution is -2.18. The topological polar surface area (TPSA) is 49.3 Å². The lowest BCUT2D eigenvalue weighted by Gasteiger charge is -2.01. The molecule has 0 fully saturated rings. The molecule has 0 bridgehead atoms. The molecule has 2 N–H and O–H groups in total. The number of nitrogens with one attached hydrogen (secondary N) is 1. The maximum Gasteiger partial charge on any atom is 0.274 e. The Bertz CT molecular complexity index is 455. The summed E-state index contributed by atoms with van der Waals surface area (Å²) in [5.41, 5.74) is 3.80. The van der Waals surface area contributed by atoms with Crippen LogP contribution in [0.1, 0.15) is 47.7 Å². The highest BCUT2D eigenvalue weighted by Gasteiger charge is 2.05. The molecule has 90 valence electrons. The fraction of sp³-hybridized carbons (Fsp3) is 0.357. The Labute approximate surface area is 102 Å². The number of unbranched alkanes of at least 4 members (excludes halogenated alkanes) is 2. The first-order valence-electron chi connectivity index (χ1n) is 5.72. The summed E-state index contributed by atoms with van der Waals surface area (Å²) in [6.45, 7) is 4.02. The molecular weight excluding hydrogens is 214 g/mol. The highest BCUT2D eigenvalue weighted by atomic mass is 16.5. The summed E-state index contributed by atoms with van der Waals surface area (Å²) in [4.78, 5) is 11.3. The van der Waals surface area contributed by atoms with Crippen molar-refractivity contribution in [3.05, 3.63) is 34.9 Å². The standard InChI is InChI=1S/C14H17NO2/c1-3-4-5-6-7-12-8-11(2)9-13(10-12)14(16)15-17/h8-10,17H,3-5H2,1-2H3,(H,15,16). The van der Waals surface area contributed by atoms with Crippen molar-refractivity contribution in [3.8, 4) is 11.8 Å². The third-order valence-electron chi connectivity index (χ3n) is 2.33. The minimum atomic E-state index is -0.509. The van der Waals surface area contributed by atoms with E-state index in [2.05, 4.69) is 18.8 Å². The fourth-order valence-corrected chi connectivity index (χ4v) is 1.48. The fourth-order valence-electron chi connectivity index (χ4n) is 1.48. The molecule has 1 aromatic carbocycles. The van der Waals surface area contributed by atoms with Crippen molar-refractivity contribution in [3.63, 3.8) is 0 Å². The van der Waals surface area contributed by atoms with E-state index in [1.54, 1.807) is 17.6 Å². The Morgan fingerprint density at radius 2 is 2.18 bits per heavy atom. The second-order valence-corrected chi connectivity index (χ2v) is 3.93. The number of rotatable bonds is 3. The molecule has 0 saturated carbocycles. The van der Waals surface area contributed by atoms with Gasteiger partial charge in [0, 0.05) is 17.5 Å². The number of amides is 1. The summed E-state index contributed by atoms with van der Waals surface area (Å²) in [5.74, 6) is 5.59. The van der Waals surface area contributed by atoms with Crippen LogP contribution >= 0.6 is 0 Å². The minimum Gasteiger partial charge on any atom is -0.288 e. The van der Waals surface area contributed by atoms with E-state index in [4.69, 9.17) is 5.21 Å². The van der Waals surface area contributed by atoms with Crippen molar-refractivity contribution < 1.29 is 10.0 Å². The maximum absolute atomic E-state index is 11.3. The van der Waals surface area contributed by atoms with Gasteiger partial charge in [0.25, 0.3) is 5.91 Å². The van der Waals surface area contributed by atoms with Crippen LogP contribution in [-0.4, -0.2) is 11.1 Å². The van der Waals surface area contributed by atoms with Crippen LogP contribution in [-0.2, 0) is 0 Å². The summed E-state index contributed by atoms with van der Waals surface area (Å²) in [7, 11) is 0. The smallest absolute Gasteiger partial charge is 0.274 e. The highest BCUT2D eigenvalue weighted by molar-refractivity contribution is 5.93. The largest absolute Gasteiger partial charge is 0.288 e. The van der Waals surface area contributed by atoms with Crippen LogP contribution in [0.4, 0.5) is 0 Å². The minimum absolute atomic E-state index is 0.423. The van der Waals surface area contributed by atoms with E-state index in [-0.39, 0.29) is 0 Å². The number of carbonyl (C=O) groups excluding carboxylic acids is 1. The van der Waals surface area contributed by atoms with Gasteiger partial charge in [-0.2, -0.15) is 0 Å². The van der Waals surface area contributed by atoms with Crippen molar-refractivity contribution in [2.75, 3.05) is 0 Å². The molecule has 1 amide bonds. The van der Waals surface area contributed by atoms with Crippen LogP contribution in [0.3, 0.4) is 0 Å². The zero-order chi connectivity index (χ0) is 12.7. The van der Waals surface area contributed by atoms with Gasteiger partial charge < -0.3 is 0 Å². The van der Waals surface area contributed by atoms with Gasteiger partial charge in [-0.3, -0.25) is 10.0 Å². The van der Waals surface area contributed by atoms with Gasteiger partial charge in [0.05, 0.1) is 0 Å². The summed E-state index contributed by atoms with van der Waals surface area (Å²) in [5, 5.41) is 8.58. The molecule has 0 aliphatic rings. The van der Waals surface area contributed by atoms with Crippen LogP contribution in [0.25, 0.3) is 0 Å². The first-order valence-corrected chi connectivity index (χ1v) is 5.72. The molecule has 1 rings (SSSR count). The number of hydrogen-bond donors (Lipinski definition) is 2. The average molecular weight is 231 g/mol. The van der Waals surface area contributed by atoms with Gasteiger partial charge in [0.2, 0.25) is 0 Å². The van der Waals surface area contributed by atoms with Gasteiger partial charge in [0.15, 0.2) is 0 Å². The van der Waals surface area contributed by atoms with Crippen LogP contribution in [0, 0.1) is 18.8 Å². The van der Waals surface area contributed by atoms with Crippen LogP contribution in [0.15, 0.2) is 18.2 Å². The van der Waals surface area contributed by atoms with Crippen LogP contribution in [0.2, 0.25) is 0 Å². The Morgan fingerprint density at radius 3 is 2.82 bits per heavy atom. The quantitative estimate of drug-likeness (QED) is 0.363. The van der Waals surface area contributed by atoms with Crippen LogP contribution in [0.5, 0.6) is 0 Å². The Kier molecular flexibility index (Phi) is 5.25. The molecular formula is C14H17NO2. The monoisotopic (exact) mass is 231 g/mol. The Balaban J connectivity index is 2.88. The van der Waals surface area contributed by atoms with Gasteiger partial charge in [-0.15, -0.1) is 0 Å². The van der Waals surface area contributed by atoms with E-state index in [1.807, 2.05) is 13.0 Å². The predicted molar refractivity (Wildman–Crippen MR) is 66.8 cm³/mol. The van der Waals surface area contributed by atoms with Gasteiger partial charge in [-0.25, -0.2) is 5.48 Å². The van der Waals surface area contributed by atoms with Gasteiger partial charge in [-0.1, -0.05) is 25.2 Å². The number of hydrogen-bond acceptors (Lipinski definition) is 2. The van der Waals surface area contributed by atoms with E-state index < -0.39 is 5.91 Å². The summed E-state index contributed by atoms with van der Waals surface area (Å²) in [6, 6.07) is 5.31. The van der Waals surface area contributed by atoms with E-state index in [0.29, 0.717) is 5.56 Å². The summed E-state index contributed by atoms with van der Waals surface area (Å²) < 4.78 is 0. The van der Waals surface area contributed by atoms with Crippen LogP contribution < -0.4 is 5.48 Å². The Hall–Kier alpha value is -1.79. The molecule has 3 nitrogen and oxygen atoms in total. The molecule has 17 heavy (non-hydrogen) atoms. The second kappa shape index (κ2) is 6.72. The van der Waals surface area contributed by atoms with E-state index in [9.17, 15) is 4.79 Å². The third-order valence-corrected chi connectivity index (χ3v) is 2.33. The SMILES string of the molecule is CCCCC#Cc1cc(C)cc(C(=O)NO)c1. The highest BCUT2D eigenvalue weighted by Crippen LogP contribution is 2.09. The van der Waals surface area contributed by atoms with Crippen molar-refractivity contribution >= 4 is 5.91 Å². The number of aryl methyl sites for hydroxylation is 1. The average Bonchev–Trinajstić information content (AvgIpc) is 2.33. The molecule has 1 aromatic rings. The zero-order valence-corrected chi connectivity index (χ0v) is 10.2. The van der Waals surface area contributed by atoms with Gasteiger partial charge in [-0.05, 0) is 37.1 Å². The van der Waals surface area contributed by atoms with Crippen molar-refractivity contribution in [1.82, 2.24) is 5.48 Å². The molecule has 0 aromatic heterocycles. The summed E-state index contributed by atoms with van der Waals surface area (Å²) in [6.07, 6.45) is 3.08. The molecule has 0 saturated heterocycles. The molecule has 0 spiro atoms. The lowest BCUT2D eigenvalue weighted by molar-refractivity contribution is 0.0706. The van der Waals surface area contributed by atoms with Crippen molar-refractivity contribution in [2.24, 2.45) is 0 Å². The molecule has 0 unspecified atom stereocenters. The second-order valence-electron chi connectivity index (χ2n) is 3.93. The van der Waals surface area contributed by atoms with Crippen molar-refractivity contribution in [1.29, 1.82) is 0 Å². The molecule has 0 heterocycles. The maximum atomic E-state index is 11.3. The van der Waals surface area contributed by atoms with Gasteiger partial charge in [0.1, 0.15) is 0 Å². The molecule has 0 aliphatic heterocycles. The number of benzene rings is 1. The zero-order valence-electron chi connectivity index (χ0n) is 10.2. The first kappa shape index (κ1) is 13.3. The lowest BCUT2D eigenvalue weighted by atomic mass is 10.1. The predicted octanol–water partition coefficient (Wildman–Crippen LogP) is 2.66. The Morgan fingerprint density at radius 1 is 1.41 bits per heavy atom. The van der Waals surface area contributed by atoms with E-state index >= 15 is 0 Å². The summed E-state index contributed by atoms with van der Waals surface area (Å²) >= 11 is 0. The first-order chi connectivity index (χ1) is 8.17.